The van der Waals surface area contributed by atoms with E-state index in [0.29, 0.717) is 25.1 Å². The monoisotopic (exact) mass is 272 g/mol. The highest BCUT2D eigenvalue weighted by Gasteiger charge is 2.36. The Morgan fingerprint density at radius 3 is 3.00 bits per heavy atom. The molecule has 2 atom stereocenters. The smallest absolute Gasteiger partial charge is 0.156 e. The lowest BCUT2D eigenvalue weighted by Gasteiger charge is -2.27. The minimum Gasteiger partial charge on any atom is -0.385 e. The van der Waals surface area contributed by atoms with Gasteiger partial charge in [0.05, 0.1) is 16.7 Å². The van der Waals surface area contributed by atoms with E-state index in [0.717, 1.165) is 12.8 Å². The molecule has 0 aromatic carbocycles. The molecule has 2 rings (SSSR count). The second kappa shape index (κ2) is 5.40. The summed E-state index contributed by atoms with van der Waals surface area (Å²) in [5, 5.41) is 13.8. The molecule has 0 aliphatic carbocycles. The van der Waals surface area contributed by atoms with Gasteiger partial charge < -0.3 is 5.11 Å². The molecule has 2 unspecified atom stereocenters. The number of rotatable bonds is 4. The summed E-state index contributed by atoms with van der Waals surface area (Å²) >= 11 is 0. The quantitative estimate of drug-likeness (QED) is 0.896. The van der Waals surface area contributed by atoms with Crippen LogP contribution in [0.3, 0.4) is 0 Å². The Morgan fingerprint density at radius 2 is 2.33 bits per heavy atom. The lowest BCUT2D eigenvalue weighted by Crippen LogP contribution is -2.34. The van der Waals surface area contributed by atoms with Crippen LogP contribution < -0.4 is 0 Å². The van der Waals surface area contributed by atoms with Crippen molar-refractivity contribution < 1.29 is 13.5 Å². The molecule has 102 valence electrons. The SMILES string of the molecule is CCCn1nccc1C(O)C1CCCCS1(=O)=O. The first-order valence-electron chi connectivity index (χ1n) is 6.47. The van der Waals surface area contributed by atoms with Crippen molar-refractivity contribution in [2.45, 2.75) is 50.5 Å². The van der Waals surface area contributed by atoms with Gasteiger partial charge in [-0.15, -0.1) is 0 Å². The van der Waals surface area contributed by atoms with Gasteiger partial charge in [-0.05, 0) is 25.3 Å². The molecule has 1 aromatic rings. The number of aliphatic hydroxyl groups is 1. The molecular formula is C12H20N2O3S. The van der Waals surface area contributed by atoms with Crippen molar-refractivity contribution >= 4 is 9.84 Å². The largest absolute Gasteiger partial charge is 0.385 e. The zero-order valence-electron chi connectivity index (χ0n) is 10.6. The highest BCUT2D eigenvalue weighted by molar-refractivity contribution is 7.92. The van der Waals surface area contributed by atoms with Gasteiger partial charge >= 0.3 is 0 Å². The molecule has 1 aliphatic heterocycles. The molecule has 1 N–H and O–H groups in total. The fourth-order valence-electron chi connectivity index (χ4n) is 2.52. The van der Waals surface area contributed by atoms with Crippen LogP contribution in [0, 0.1) is 0 Å². The van der Waals surface area contributed by atoms with Crippen molar-refractivity contribution in [3.05, 3.63) is 18.0 Å². The number of aromatic nitrogens is 2. The number of hydrogen-bond donors (Lipinski definition) is 1. The van der Waals surface area contributed by atoms with E-state index in [1.54, 1.807) is 16.9 Å². The van der Waals surface area contributed by atoms with E-state index in [9.17, 15) is 13.5 Å². The Bertz CT molecular complexity index is 495. The van der Waals surface area contributed by atoms with Crippen LogP contribution >= 0.6 is 0 Å². The molecular weight excluding hydrogens is 252 g/mol. The van der Waals surface area contributed by atoms with Gasteiger partial charge in [0.15, 0.2) is 9.84 Å². The van der Waals surface area contributed by atoms with Crippen LogP contribution in [0.15, 0.2) is 12.3 Å². The van der Waals surface area contributed by atoms with Crippen LogP contribution in [0.5, 0.6) is 0 Å². The number of sulfone groups is 1. The highest BCUT2D eigenvalue weighted by atomic mass is 32.2. The third kappa shape index (κ3) is 2.59. The molecule has 1 saturated heterocycles. The van der Waals surface area contributed by atoms with Crippen LogP contribution in [-0.4, -0.2) is 34.3 Å². The maximum absolute atomic E-state index is 12.0. The number of hydrogen-bond acceptors (Lipinski definition) is 4. The molecule has 0 saturated carbocycles. The predicted octanol–water partition coefficient (Wildman–Crippen LogP) is 1.29. The van der Waals surface area contributed by atoms with E-state index < -0.39 is 21.2 Å². The molecule has 1 aliphatic rings. The van der Waals surface area contributed by atoms with Crippen LogP contribution in [-0.2, 0) is 16.4 Å². The molecule has 0 amide bonds. The maximum Gasteiger partial charge on any atom is 0.156 e. The van der Waals surface area contributed by atoms with E-state index in [2.05, 4.69) is 5.10 Å². The summed E-state index contributed by atoms with van der Waals surface area (Å²) in [5.41, 5.74) is 0.618. The number of aliphatic hydroxyl groups excluding tert-OH is 1. The zero-order valence-corrected chi connectivity index (χ0v) is 11.4. The molecule has 0 radical (unpaired) electrons. The van der Waals surface area contributed by atoms with Gasteiger partial charge in [0.2, 0.25) is 0 Å². The van der Waals surface area contributed by atoms with Crippen LogP contribution in [0.1, 0.15) is 44.4 Å². The fraction of sp³-hybridized carbons (Fsp3) is 0.750. The average Bonchev–Trinajstić information content (AvgIpc) is 2.76. The standard InChI is InChI=1S/C12H20N2O3S/c1-2-8-14-10(6-7-13-14)12(15)11-5-3-4-9-18(11,16)17/h6-7,11-12,15H,2-5,8-9H2,1H3. The molecule has 0 spiro atoms. The molecule has 18 heavy (non-hydrogen) atoms. The third-order valence-electron chi connectivity index (χ3n) is 3.47. The Hall–Kier alpha value is -0.880. The van der Waals surface area contributed by atoms with E-state index in [1.165, 1.54) is 0 Å². The zero-order chi connectivity index (χ0) is 13.2. The van der Waals surface area contributed by atoms with Crippen molar-refractivity contribution in [2.75, 3.05) is 5.75 Å². The van der Waals surface area contributed by atoms with E-state index >= 15 is 0 Å². The summed E-state index contributed by atoms with van der Waals surface area (Å²) in [6.45, 7) is 2.72. The second-order valence-corrected chi connectivity index (χ2v) is 7.16. The first kappa shape index (κ1) is 13.5. The van der Waals surface area contributed by atoms with Crippen LogP contribution in [0.25, 0.3) is 0 Å². The fourth-order valence-corrected chi connectivity index (χ4v) is 4.48. The minimum atomic E-state index is -3.17. The lowest BCUT2D eigenvalue weighted by atomic mass is 10.1. The van der Waals surface area contributed by atoms with Gasteiger partial charge in [-0.1, -0.05) is 13.3 Å². The van der Waals surface area contributed by atoms with Crippen molar-refractivity contribution in [2.24, 2.45) is 0 Å². The molecule has 1 aromatic heterocycles. The molecule has 5 nitrogen and oxygen atoms in total. The summed E-state index contributed by atoms with van der Waals surface area (Å²) < 4.78 is 25.7. The first-order chi connectivity index (χ1) is 8.56. The third-order valence-corrected chi connectivity index (χ3v) is 5.74. The van der Waals surface area contributed by atoms with Gasteiger partial charge in [0, 0.05) is 12.7 Å². The van der Waals surface area contributed by atoms with E-state index in [1.807, 2.05) is 6.92 Å². The van der Waals surface area contributed by atoms with Crippen molar-refractivity contribution in [1.82, 2.24) is 9.78 Å². The number of aryl methyl sites for hydroxylation is 1. The Kier molecular flexibility index (Phi) is 4.07. The molecule has 6 heteroatoms. The van der Waals surface area contributed by atoms with E-state index in [4.69, 9.17) is 0 Å². The Labute approximate surface area is 108 Å². The maximum atomic E-state index is 12.0. The normalized spacial score (nSPS) is 24.9. The molecule has 1 fully saturated rings. The van der Waals surface area contributed by atoms with Crippen LogP contribution in [0.2, 0.25) is 0 Å². The van der Waals surface area contributed by atoms with Gasteiger partial charge in [-0.3, -0.25) is 4.68 Å². The average molecular weight is 272 g/mol. The topological polar surface area (TPSA) is 72.2 Å². The Balaban J connectivity index is 2.24. The van der Waals surface area contributed by atoms with Gasteiger partial charge in [0.1, 0.15) is 6.10 Å². The summed E-state index contributed by atoms with van der Waals surface area (Å²) in [6.07, 6.45) is 3.68. The van der Waals surface area contributed by atoms with Gasteiger partial charge in [-0.25, -0.2) is 8.42 Å². The molecule has 2 heterocycles. The minimum absolute atomic E-state index is 0.191. The summed E-state index contributed by atoms with van der Waals surface area (Å²) in [7, 11) is -3.17. The van der Waals surface area contributed by atoms with Crippen molar-refractivity contribution in [1.29, 1.82) is 0 Å². The summed E-state index contributed by atoms with van der Waals surface area (Å²) in [5.74, 6) is 0.191. The number of nitrogens with zero attached hydrogens (tertiary/aromatic N) is 2. The summed E-state index contributed by atoms with van der Waals surface area (Å²) in [4.78, 5) is 0. The highest BCUT2D eigenvalue weighted by Crippen LogP contribution is 2.30. The van der Waals surface area contributed by atoms with Gasteiger partial charge in [0.25, 0.3) is 0 Å². The Morgan fingerprint density at radius 1 is 1.56 bits per heavy atom. The van der Waals surface area contributed by atoms with Crippen molar-refractivity contribution in [3.63, 3.8) is 0 Å². The van der Waals surface area contributed by atoms with Gasteiger partial charge in [-0.2, -0.15) is 5.10 Å². The van der Waals surface area contributed by atoms with Crippen molar-refractivity contribution in [3.8, 4) is 0 Å². The summed E-state index contributed by atoms with van der Waals surface area (Å²) in [6, 6.07) is 1.71. The first-order valence-corrected chi connectivity index (χ1v) is 8.19. The second-order valence-electron chi connectivity index (χ2n) is 4.83. The molecule has 0 bridgehead atoms. The van der Waals surface area contributed by atoms with E-state index in [-0.39, 0.29) is 5.75 Å². The lowest BCUT2D eigenvalue weighted by molar-refractivity contribution is 0.153. The predicted molar refractivity (Wildman–Crippen MR) is 68.9 cm³/mol. The van der Waals surface area contributed by atoms with Crippen LogP contribution in [0.4, 0.5) is 0 Å².